The zero-order valence-electron chi connectivity index (χ0n) is 22.3. The third kappa shape index (κ3) is 3.40. The zero-order chi connectivity index (χ0) is 28.2. The summed E-state index contributed by atoms with van der Waals surface area (Å²) in [5, 5.41) is 25.3. The summed E-state index contributed by atoms with van der Waals surface area (Å²) >= 11 is 0. The molecule has 0 radical (unpaired) electrons. The van der Waals surface area contributed by atoms with E-state index >= 15 is 0 Å². The Balaban J connectivity index is 1.57. The lowest BCUT2D eigenvalue weighted by Crippen LogP contribution is -1.98. The van der Waals surface area contributed by atoms with Crippen LogP contribution in [0, 0.1) is 22.7 Å². The monoisotopic (exact) mass is 536 g/mol. The van der Waals surface area contributed by atoms with Crippen molar-refractivity contribution in [2.75, 3.05) is 0 Å². The Morgan fingerprint density at radius 1 is 0.429 bits per heavy atom. The van der Waals surface area contributed by atoms with Crippen molar-refractivity contribution in [3.8, 4) is 45.5 Å². The van der Waals surface area contributed by atoms with Crippen LogP contribution in [0.2, 0.25) is 0 Å². The van der Waals surface area contributed by atoms with Gasteiger partial charge in [-0.05, 0) is 47.0 Å². The van der Waals surface area contributed by atoms with Crippen molar-refractivity contribution in [2.24, 2.45) is 0 Å². The summed E-state index contributed by atoms with van der Waals surface area (Å²) in [6.07, 6.45) is 0. The molecule has 8 aromatic rings. The number of rotatable bonds is 3. The Morgan fingerprint density at radius 2 is 0.881 bits per heavy atom. The summed E-state index contributed by atoms with van der Waals surface area (Å²) in [7, 11) is 0. The Kier molecular flexibility index (Phi) is 5.22. The van der Waals surface area contributed by atoms with Crippen molar-refractivity contribution in [1.82, 2.24) is 0 Å². The number of furan rings is 2. The fraction of sp³-hybridized carbons (Fsp3) is 0. The van der Waals surface area contributed by atoms with E-state index in [-0.39, 0.29) is 0 Å². The molecule has 42 heavy (non-hydrogen) atoms. The molecule has 2 heterocycles. The largest absolute Gasteiger partial charge is 0.456 e. The molecule has 0 aliphatic rings. The molecule has 4 heteroatoms. The average Bonchev–Trinajstić information content (AvgIpc) is 3.62. The van der Waals surface area contributed by atoms with Crippen LogP contribution in [-0.2, 0) is 0 Å². The minimum absolute atomic E-state index is 0.448. The Hall–Kier alpha value is -6.10. The molecule has 0 spiro atoms. The predicted octanol–water partition coefficient (Wildman–Crippen LogP) is 10.2. The van der Waals surface area contributed by atoms with Gasteiger partial charge in [-0.3, -0.25) is 0 Å². The SMILES string of the molecule is N#Cc1c(-c2cccc3oc4ccccc4c23)cc(-c2cccc3oc4ccccc4c23)c(C#N)c1-c1ccccc1. The van der Waals surface area contributed by atoms with Gasteiger partial charge in [-0.1, -0.05) is 91.0 Å². The summed E-state index contributed by atoms with van der Waals surface area (Å²) in [5.41, 5.74) is 8.61. The third-order valence-corrected chi connectivity index (χ3v) is 8.00. The van der Waals surface area contributed by atoms with Crippen molar-refractivity contribution < 1.29 is 8.83 Å². The van der Waals surface area contributed by atoms with Gasteiger partial charge in [0, 0.05) is 38.2 Å². The highest BCUT2D eigenvalue weighted by Gasteiger charge is 2.25. The van der Waals surface area contributed by atoms with Gasteiger partial charge in [0.15, 0.2) is 0 Å². The number of fused-ring (bicyclic) bond motifs is 6. The molecule has 2 aromatic heterocycles. The van der Waals surface area contributed by atoms with E-state index < -0.39 is 0 Å². The van der Waals surface area contributed by atoms with E-state index in [0.717, 1.165) is 71.7 Å². The van der Waals surface area contributed by atoms with E-state index in [4.69, 9.17) is 8.83 Å². The van der Waals surface area contributed by atoms with Crippen LogP contribution in [0.25, 0.3) is 77.3 Å². The van der Waals surface area contributed by atoms with Crippen molar-refractivity contribution >= 4 is 43.9 Å². The lowest BCUT2D eigenvalue weighted by atomic mass is 9.82. The quantitative estimate of drug-likeness (QED) is 0.225. The fourth-order valence-corrected chi connectivity index (χ4v) is 6.23. The Bertz CT molecular complexity index is 2280. The average molecular weight is 537 g/mol. The molecule has 0 amide bonds. The highest BCUT2D eigenvalue weighted by molar-refractivity contribution is 6.16. The van der Waals surface area contributed by atoms with Crippen molar-refractivity contribution in [1.29, 1.82) is 10.5 Å². The second kappa shape index (κ2) is 9.24. The maximum absolute atomic E-state index is 10.7. The Morgan fingerprint density at radius 3 is 1.38 bits per heavy atom. The molecule has 0 aliphatic heterocycles. The normalized spacial score (nSPS) is 11.3. The maximum Gasteiger partial charge on any atom is 0.136 e. The first-order valence-electron chi connectivity index (χ1n) is 13.6. The summed E-state index contributed by atoms with van der Waals surface area (Å²) in [6, 6.07) is 44.4. The summed E-state index contributed by atoms with van der Waals surface area (Å²) in [4.78, 5) is 0. The highest BCUT2D eigenvalue weighted by atomic mass is 16.3. The van der Waals surface area contributed by atoms with E-state index in [2.05, 4.69) is 12.1 Å². The minimum atomic E-state index is 0.448. The Labute approximate surface area is 240 Å². The van der Waals surface area contributed by atoms with Gasteiger partial charge in [0.2, 0.25) is 0 Å². The lowest BCUT2D eigenvalue weighted by molar-refractivity contribution is 0.668. The number of hydrogen-bond donors (Lipinski definition) is 0. The number of nitrogens with zero attached hydrogens (tertiary/aromatic N) is 2. The van der Waals surface area contributed by atoms with Crippen LogP contribution in [-0.4, -0.2) is 0 Å². The zero-order valence-corrected chi connectivity index (χ0v) is 22.3. The van der Waals surface area contributed by atoms with Gasteiger partial charge < -0.3 is 8.83 Å². The maximum atomic E-state index is 10.7. The topological polar surface area (TPSA) is 73.9 Å². The second-order valence-corrected chi connectivity index (χ2v) is 10.2. The van der Waals surface area contributed by atoms with Gasteiger partial charge in [-0.15, -0.1) is 0 Å². The molecule has 194 valence electrons. The third-order valence-electron chi connectivity index (χ3n) is 8.00. The first-order valence-corrected chi connectivity index (χ1v) is 13.6. The molecule has 0 fully saturated rings. The van der Waals surface area contributed by atoms with Crippen molar-refractivity contribution in [2.45, 2.75) is 0 Å². The van der Waals surface area contributed by atoms with E-state index in [0.29, 0.717) is 16.7 Å². The molecule has 0 saturated heterocycles. The molecule has 0 bridgehead atoms. The summed E-state index contributed by atoms with van der Waals surface area (Å²) < 4.78 is 12.4. The van der Waals surface area contributed by atoms with E-state index in [1.165, 1.54) is 0 Å². The van der Waals surface area contributed by atoms with Gasteiger partial charge in [0.05, 0.1) is 11.1 Å². The van der Waals surface area contributed by atoms with Crippen LogP contribution in [0.3, 0.4) is 0 Å². The van der Waals surface area contributed by atoms with Crippen LogP contribution >= 0.6 is 0 Å². The molecule has 4 nitrogen and oxygen atoms in total. The van der Waals surface area contributed by atoms with E-state index in [9.17, 15) is 10.5 Å². The predicted molar refractivity (Wildman–Crippen MR) is 167 cm³/mol. The standard InChI is InChI=1S/C38H20N2O2/c39-21-30-28(24-14-8-18-34-37(24)26-12-4-6-16-32(26)41-34)20-29(31(22-40)36(30)23-10-2-1-3-11-23)25-15-9-19-35-38(25)27-13-5-7-17-33(27)42-35/h1-20H. The molecule has 0 atom stereocenters. The summed E-state index contributed by atoms with van der Waals surface area (Å²) in [5.74, 6) is 0. The number of hydrogen-bond acceptors (Lipinski definition) is 4. The van der Waals surface area contributed by atoms with E-state index in [1.54, 1.807) is 0 Å². The minimum Gasteiger partial charge on any atom is -0.456 e. The molecular formula is C38H20N2O2. The first-order chi connectivity index (χ1) is 20.8. The molecular weight excluding hydrogens is 516 g/mol. The van der Waals surface area contributed by atoms with Gasteiger partial charge in [-0.2, -0.15) is 10.5 Å². The molecule has 0 N–H and O–H groups in total. The van der Waals surface area contributed by atoms with Crippen LogP contribution in [0.4, 0.5) is 0 Å². The smallest absolute Gasteiger partial charge is 0.136 e. The molecule has 8 rings (SSSR count). The lowest BCUT2D eigenvalue weighted by Gasteiger charge is -2.18. The first kappa shape index (κ1) is 23.8. The van der Waals surface area contributed by atoms with Crippen LogP contribution in [0.1, 0.15) is 11.1 Å². The molecule has 0 saturated carbocycles. The number of para-hydroxylation sites is 2. The van der Waals surface area contributed by atoms with Gasteiger partial charge in [0.25, 0.3) is 0 Å². The van der Waals surface area contributed by atoms with Crippen LogP contribution < -0.4 is 0 Å². The van der Waals surface area contributed by atoms with Crippen molar-refractivity contribution in [3.63, 3.8) is 0 Å². The molecule has 0 aliphatic carbocycles. The van der Waals surface area contributed by atoms with Gasteiger partial charge >= 0.3 is 0 Å². The van der Waals surface area contributed by atoms with E-state index in [1.807, 2.05) is 121 Å². The van der Waals surface area contributed by atoms with Crippen LogP contribution in [0.5, 0.6) is 0 Å². The fourth-order valence-electron chi connectivity index (χ4n) is 6.23. The van der Waals surface area contributed by atoms with Gasteiger partial charge in [-0.25, -0.2) is 0 Å². The van der Waals surface area contributed by atoms with Gasteiger partial charge in [0.1, 0.15) is 34.5 Å². The van der Waals surface area contributed by atoms with Crippen molar-refractivity contribution in [3.05, 3.63) is 132 Å². The molecule has 0 unspecified atom stereocenters. The highest BCUT2D eigenvalue weighted by Crippen LogP contribution is 2.46. The number of nitriles is 2. The molecule has 6 aromatic carbocycles. The summed E-state index contributed by atoms with van der Waals surface area (Å²) in [6.45, 7) is 0. The second-order valence-electron chi connectivity index (χ2n) is 10.2. The number of benzene rings is 6. The van der Waals surface area contributed by atoms with Crippen LogP contribution in [0.15, 0.2) is 130 Å².